The van der Waals surface area contributed by atoms with Gasteiger partial charge in [0.25, 0.3) is 0 Å². The lowest BCUT2D eigenvalue weighted by Crippen LogP contribution is -2.28. The highest BCUT2D eigenvalue weighted by atomic mass is 32.2. The fourth-order valence-electron chi connectivity index (χ4n) is 2.13. The molecule has 16 heavy (non-hydrogen) atoms. The molecule has 0 heterocycles. The number of hydrogen-bond acceptors (Lipinski definition) is 2. The lowest BCUT2D eigenvalue weighted by molar-refractivity contribution is 0.282. The Bertz CT molecular complexity index is 333. The molecule has 0 radical (unpaired) electrons. The molecular weight excluding hydrogens is 214 g/mol. The number of nitrogens with two attached hydrogens (primary N) is 1. The highest BCUT2D eigenvalue weighted by molar-refractivity contribution is 7.99. The molecule has 88 valence electrons. The van der Waals surface area contributed by atoms with Gasteiger partial charge in [-0.15, -0.1) is 11.8 Å². The van der Waals surface area contributed by atoms with Crippen molar-refractivity contribution in [3.8, 4) is 0 Å². The fraction of sp³-hybridized carbons (Fsp3) is 0.571. The van der Waals surface area contributed by atoms with Gasteiger partial charge in [-0.25, -0.2) is 0 Å². The van der Waals surface area contributed by atoms with E-state index in [1.807, 2.05) is 11.8 Å². The lowest BCUT2D eigenvalue weighted by Gasteiger charge is -2.27. The zero-order valence-corrected chi connectivity index (χ0v) is 10.8. The van der Waals surface area contributed by atoms with Crippen LogP contribution in [0.1, 0.15) is 31.2 Å². The van der Waals surface area contributed by atoms with Crippen LogP contribution in [0.4, 0.5) is 0 Å². The van der Waals surface area contributed by atoms with E-state index in [0.717, 1.165) is 11.7 Å². The average Bonchev–Trinajstić information content (AvgIpc) is 2.21. The van der Waals surface area contributed by atoms with E-state index in [1.54, 1.807) is 0 Å². The molecule has 0 amide bonds. The first-order valence-corrected chi connectivity index (χ1v) is 7.17. The van der Waals surface area contributed by atoms with Gasteiger partial charge >= 0.3 is 0 Å². The smallest absolute Gasteiger partial charge is 0.0136 e. The Labute approximate surface area is 103 Å². The first-order valence-electron chi connectivity index (χ1n) is 6.19. The summed E-state index contributed by atoms with van der Waals surface area (Å²) in [6.45, 7) is 2.14. The van der Waals surface area contributed by atoms with E-state index in [4.69, 9.17) is 5.73 Å². The van der Waals surface area contributed by atoms with Crippen molar-refractivity contribution >= 4 is 11.8 Å². The van der Waals surface area contributed by atoms with Crippen molar-refractivity contribution in [2.75, 3.05) is 5.75 Å². The van der Waals surface area contributed by atoms with Gasteiger partial charge in [0.1, 0.15) is 0 Å². The SMILES string of the molecule is Cc1cccc(SCC(N)CC2CCC2)c1. The van der Waals surface area contributed by atoms with Gasteiger partial charge in [0.15, 0.2) is 0 Å². The van der Waals surface area contributed by atoms with Gasteiger partial charge in [0, 0.05) is 16.7 Å². The lowest BCUT2D eigenvalue weighted by atomic mass is 9.81. The first kappa shape index (κ1) is 12.0. The molecule has 1 aromatic rings. The molecular formula is C14H21NS. The molecule has 1 fully saturated rings. The highest BCUT2D eigenvalue weighted by Gasteiger charge is 2.20. The van der Waals surface area contributed by atoms with Crippen molar-refractivity contribution in [2.45, 2.75) is 43.5 Å². The summed E-state index contributed by atoms with van der Waals surface area (Å²) in [4.78, 5) is 1.35. The average molecular weight is 235 g/mol. The zero-order valence-electron chi connectivity index (χ0n) is 9.99. The maximum absolute atomic E-state index is 6.15. The highest BCUT2D eigenvalue weighted by Crippen LogP contribution is 2.31. The van der Waals surface area contributed by atoms with Crippen LogP contribution >= 0.6 is 11.8 Å². The Balaban J connectivity index is 1.73. The van der Waals surface area contributed by atoms with Gasteiger partial charge in [-0.1, -0.05) is 37.0 Å². The minimum Gasteiger partial charge on any atom is -0.327 e. The topological polar surface area (TPSA) is 26.0 Å². The van der Waals surface area contributed by atoms with Crippen LogP contribution < -0.4 is 5.73 Å². The maximum atomic E-state index is 6.15. The molecule has 2 N–H and O–H groups in total. The van der Waals surface area contributed by atoms with E-state index in [1.165, 1.54) is 36.1 Å². The monoisotopic (exact) mass is 235 g/mol. The molecule has 1 unspecified atom stereocenters. The van der Waals surface area contributed by atoms with Crippen LogP contribution in [0, 0.1) is 12.8 Å². The molecule has 1 saturated carbocycles. The Kier molecular flexibility index (Phi) is 4.30. The Morgan fingerprint density at radius 1 is 1.44 bits per heavy atom. The molecule has 0 aliphatic heterocycles. The summed E-state index contributed by atoms with van der Waals surface area (Å²) in [5.74, 6) is 1.98. The summed E-state index contributed by atoms with van der Waals surface area (Å²) in [5.41, 5.74) is 7.48. The summed E-state index contributed by atoms with van der Waals surface area (Å²) in [7, 11) is 0. The van der Waals surface area contributed by atoms with Crippen LogP contribution in [0.5, 0.6) is 0 Å². The van der Waals surface area contributed by atoms with Crippen LogP contribution in [-0.2, 0) is 0 Å². The molecule has 2 heteroatoms. The molecule has 1 aliphatic rings. The van der Waals surface area contributed by atoms with E-state index in [-0.39, 0.29) is 0 Å². The first-order chi connectivity index (χ1) is 7.74. The summed E-state index contributed by atoms with van der Waals surface area (Å²) in [5, 5.41) is 0. The molecule has 2 rings (SSSR count). The molecule has 1 aromatic carbocycles. The third-order valence-electron chi connectivity index (χ3n) is 3.31. The third-order valence-corrected chi connectivity index (χ3v) is 4.50. The van der Waals surface area contributed by atoms with Crippen LogP contribution in [0.2, 0.25) is 0 Å². The second-order valence-corrected chi connectivity index (χ2v) is 6.01. The minimum atomic E-state index is 0.371. The van der Waals surface area contributed by atoms with Gasteiger partial charge in [-0.3, -0.25) is 0 Å². The quantitative estimate of drug-likeness (QED) is 0.789. The Morgan fingerprint density at radius 2 is 2.25 bits per heavy atom. The largest absolute Gasteiger partial charge is 0.327 e. The minimum absolute atomic E-state index is 0.371. The van der Waals surface area contributed by atoms with E-state index in [0.29, 0.717) is 6.04 Å². The number of aryl methyl sites for hydroxylation is 1. The number of hydrogen-bond donors (Lipinski definition) is 1. The van der Waals surface area contributed by atoms with Gasteiger partial charge in [0.2, 0.25) is 0 Å². The molecule has 0 saturated heterocycles. The summed E-state index contributed by atoms with van der Waals surface area (Å²) >= 11 is 1.89. The van der Waals surface area contributed by atoms with Gasteiger partial charge in [0.05, 0.1) is 0 Å². The van der Waals surface area contributed by atoms with E-state index < -0.39 is 0 Å². The molecule has 0 bridgehead atoms. The molecule has 0 spiro atoms. The molecule has 0 aromatic heterocycles. The van der Waals surface area contributed by atoms with Gasteiger partial charge < -0.3 is 5.73 Å². The van der Waals surface area contributed by atoms with Crippen molar-refractivity contribution < 1.29 is 0 Å². The predicted molar refractivity (Wildman–Crippen MR) is 71.8 cm³/mol. The van der Waals surface area contributed by atoms with Crippen LogP contribution in [0.15, 0.2) is 29.2 Å². The standard InChI is InChI=1S/C14H21NS/c1-11-4-2-7-14(8-11)16-10-13(15)9-12-5-3-6-12/h2,4,7-8,12-13H,3,5-6,9-10,15H2,1H3. The number of rotatable bonds is 5. The molecule has 1 nitrogen and oxygen atoms in total. The third kappa shape index (κ3) is 3.53. The van der Waals surface area contributed by atoms with Crippen LogP contribution in [0.3, 0.4) is 0 Å². The number of thioether (sulfide) groups is 1. The fourth-order valence-corrected chi connectivity index (χ4v) is 3.12. The predicted octanol–water partition coefficient (Wildman–Crippen LogP) is 3.60. The van der Waals surface area contributed by atoms with Crippen LogP contribution in [-0.4, -0.2) is 11.8 Å². The number of benzene rings is 1. The van der Waals surface area contributed by atoms with E-state index >= 15 is 0 Å². The summed E-state index contributed by atoms with van der Waals surface area (Å²) < 4.78 is 0. The Hall–Kier alpha value is -0.470. The van der Waals surface area contributed by atoms with Crippen molar-refractivity contribution in [1.82, 2.24) is 0 Å². The van der Waals surface area contributed by atoms with E-state index in [9.17, 15) is 0 Å². The summed E-state index contributed by atoms with van der Waals surface area (Å²) in [6, 6.07) is 9.04. The van der Waals surface area contributed by atoms with Crippen LogP contribution in [0.25, 0.3) is 0 Å². The molecule has 1 atom stereocenters. The second-order valence-electron chi connectivity index (χ2n) is 4.92. The van der Waals surface area contributed by atoms with Gasteiger partial charge in [-0.2, -0.15) is 0 Å². The van der Waals surface area contributed by atoms with Crippen molar-refractivity contribution in [3.63, 3.8) is 0 Å². The summed E-state index contributed by atoms with van der Waals surface area (Å²) in [6.07, 6.45) is 5.45. The maximum Gasteiger partial charge on any atom is 0.0136 e. The second kappa shape index (κ2) is 5.74. The Morgan fingerprint density at radius 3 is 2.88 bits per heavy atom. The molecule has 1 aliphatic carbocycles. The van der Waals surface area contributed by atoms with E-state index in [2.05, 4.69) is 31.2 Å². The van der Waals surface area contributed by atoms with Crippen molar-refractivity contribution in [1.29, 1.82) is 0 Å². The normalized spacial score (nSPS) is 18.1. The van der Waals surface area contributed by atoms with Crippen molar-refractivity contribution in [2.24, 2.45) is 11.7 Å². The van der Waals surface area contributed by atoms with Gasteiger partial charge in [-0.05, 0) is 31.4 Å². The van der Waals surface area contributed by atoms with Crippen molar-refractivity contribution in [3.05, 3.63) is 29.8 Å². The zero-order chi connectivity index (χ0) is 11.4.